The van der Waals surface area contributed by atoms with E-state index in [0.717, 1.165) is 7.11 Å². The predicted molar refractivity (Wildman–Crippen MR) is 173 cm³/mol. The summed E-state index contributed by atoms with van der Waals surface area (Å²) >= 11 is 0. The first-order valence-electron chi connectivity index (χ1n) is 16.5. The van der Waals surface area contributed by atoms with Crippen LogP contribution in [0.1, 0.15) is 32.8 Å². The number of carbonyl (C=O) groups excluding carboxylic acids is 1. The fourth-order valence-electron chi connectivity index (χ4n) is 6.63. The maximum absolute atomic E-state index is 12.7. The van der Waals surface area contributed by atoms with E-state index < -0.39 is 119 Å². The zero-order chi connectivity index (χ0) is 40.7. The van der Waals surface area contributed by atoms with Crippen molar-refractivity contribution < 1.29 is 82.1 Å². The van der Waals surface area contributed by atoms with Gasteiger partial charge in [0.25, 0.3) is 0 Å². The Morgan fingerprint density at radius 1 is 0.764 bits per heavy atom. The molecule has 15 atom stereocenters. The molecular formula is C29H39N6O18S2-3. The van der Waals surface area contributed by atoms with Crippen molar-refractivity contribution in [2.75, 3.05) is 14.2 Å². The summed E-state index contributed by atoms with van der Waals surface area (Å²) in [5.41, 5.74) is 19.4. The number of methoxy groups -OCH3 is 2. The quantitative estimate of drug-likeness (QED) is 0.0668. The van der Waals surface area contributed by atoms with Gasteiger partial charge in [-0.25, -0.2) is 21.0 Å². The lowest BCUT2D eigenvalue weighted by atomic mass is 9.88. The Hall–Kier alpha value is -3.27. The van der Waals surface area contributed by atoms with E-state index in [-0.39, 0.29) is 13.0 Å². The summed E-state index contributed by atoms with van der Waals surface area (Å²) in [6.07, 6.45) is -17.9. The van der Waals surface area contributed by atoms with E-state index in [4.69, 9.17) is 42.1 Å². The first-order chi connectivity index (χ1) is 26.0. The van der Waals surface area contributed by atoms with Crippen LogP contribution in [-0.2, 0) is 78.5 Å². The van der Waals surface area contributed by atoms with Gasteiger partial charge in [0, 0.05) is 35.9 Å². The normalized spacial score (nSPS) is 37.0. The van der Waals surface area contributed by atoms with E-state index in [1.807, 2.05) is 0 Å². The highest BCUT2D eigenvalue weighted by Crippen LogP contribution is 2.40. The molecule has 3 saturated heterocycles. The van der Waals surface area contributed by atoms with Crippen molar-refractivity contribution in [2.45, 2.75) is 114 Å². The average Bonchev–Trinajstić information content (AvgIpc) is 3.11. The van der Waals surface area contributed by atoms with Gasteiger partial charge in [-0.3, -0.25) is 4.18 Å². The molecule has 0 N–H and O–H groups in total. The van der Waals surface area contributed by atoms with Crippen LogP contribution in [-0.4, -0.2) is 126 Å². The van der Waals surface area contributed by atoms with Crippen molar-refractivity contribution in [2.24, 2.45) is 22.1 Å². The highest BCUT2D eigenvalue weighted by atomic mass is 32.3. The molecule has 308 valence electrons. The molecule has 1 aromatic rings. The molecule has 0 saturated carbocycles. The lowest BCUT2D eigenvalue weighted by Gasteiger charge is -2.50. The Balaban J connectivity index is 1.73. The number of rotatable bonds is 17. The standard InChI is InChI=1S/C29H42N6O18S2/c1-6-16-22(23(18(33-35-31)26(45-5)47-16)46-12-15-10-8-7-9-11-15)49-28-21(52-54(38,39)40)14(3)19(24(50-28)25(36)37)48-27-17(32-34-30)13(2)20(44-4)29(51-27)53-55(41,42)43/h7-11,13-14,16-24,26-29H,6,12H2,1-5H3,(H,36,37)(H,38,39,40)(H,41,42,43)/p-3/t13-,14?,16?,17-,18-,19+,20?,21?,22?,23+,24-,26?,27?,28+,29?/m1/s1. The summed E-state index contributed by atoms with van der Waals surface area (Å²) in [6, 6.07) is 6.10. The minimum absolute atomic E-state index is 0.0709. The first kappa shape index (κ1) is 44.4. The molecule has 8 unspecified atom stereocenters. The smallest absolute Gasteiger partial charge is 0.220 e. The monoisotopic (exact) mass is 823 g/mol. The van der Waals surface area contributed by atoms with Gasteiger partial charge in [0.15, 0.2) is 18.9 Å². The number of nitrogens with zero attached hydrogens (tertiary/aromatic N) is 6. The van der Waals surface area contributed by atoms with Crippen molar-refractivity contribution in [1.29, 1.82) is 0 Å². The number of carboxylic acid groups (broad SMARTS) is 1. The maximum Gasteiger partial charge on any atom is 0.220 e. The third kappa shape index (κ3) is 11.2. The van der Waals surface area contributed by atoms with Gasteiger partial charge in [0.2, 0.25) is 27.1 Å². The fraction of sp³-hybridized carbons (Fsp3) is 0.759. The summed E-state index contributed by atoms with van der Waals surface area (Å²) < 4.78 is 126. The molecule has 0 amide bonds. The fourth-order valence-corrected chi connectivity index (χ4v) is 7.56. The van der Waals surface area contributed by atoms with Gasteiger partial charge in [-0.05, 0) is 23.0 Å². The number of azide groups is 2. The molecule has 55 heavy (non-hydrogen) atoms. The Kier molecular flexibility index (Phi) is 15.6. The van der Waals surface area contributed by atoms with Crippen molar-refractivity contribution in [1.82, 2.24) is 0 Å². The summed E-state index contributed by atoms with van der Waals surface area (Å²) in [6.45, 7) is 4.19. The van der Waals surface area contributed by atoms with Crippen LogP contribution in [0.4, 0.5) is 0 Å². The molecule has 1 aromatic carbocycles. The van der Waals surface area contributed by atoms with Crippen molar-refractivity contribution in [3.63, 3.8) is 0 Å². The molecule has 3 heterocycles. The molecule has 0 radical (unpaired) electrons. The van der Waals surface area contributed by atoms with Gasteiger partial charge in [-0.1, -0.05) is 61.3 Å². The van der Waals surface area contributed by atoms with Gasteiger partial charge in [0.05, 0.1) is 30.8 Å². The molecule has 0 aromatic heterocycles. The molecule has 3 fully saturated rings. The van der Waals surface area contributed by atoms with Crippen LogP contribution < -0.4 is 5.11 Å². The highest BCUT2D eigenvalue weighted by Gasteiger charge is 2.55. The van der Waals surface area contributed by atoms with Crippen LogP contribution in [0.3, 0.4) is 0 Å². The number of carboxylic acids is 1. The minimum atomic E-state index is -5.62. The van der Waals surface area contributed by atoms with E-state index in [2.05, 4.69) is 24.2 Å². The van der Waals surface area contributed by atoms with Crippen molar-refractivity contribution in [3.8, 4) is 0 Å². The summed E-state index contributed by atoms with van der Waals surface area (Å²) in [4.78, 5) is 18.3. The molecule has 3 aliphatic rings. The number of aliphatic carboxylic acids is 1. The van der Waals surface area contributed by atoms with Gasteiger partial charge >= 0.3 is 0 Å². The topological polar surface area (TPSA) is 344 Å². The van der Waals surface area contributed by atoms with Gasteiger partial charge in [0.1, 0.15) is 36.6 Å². The minimum Gasteiger partial charge on any atom is -0.726 e. The maximum atomic E-state index is 12.7. The second-order valence-corrected chi connectivity index (χ2v) is 14.6. The molecule has 4 rings (SSSR count). The third-order valence-electron chi connectivity index (χ3n) is 9.19. The van der Waals surface area contributed by atoms with Crippen molar-refractivity contribution >= 4 is 26.8 Å². The van der Waals surface area contributed by atoms with E-state index in [0.29, 0.717) is 5.56 Å². The first-order valence-corrected chi connectivity index (χ1v) is 19.2. The largest absolute Gasteiger partial charge is 0.726 e. The van der Waals surface area contributed by atoms with Crippen LogP contribution in [0.15, 0.2) is 40.6 Å². The van der Waals surface area contributed by atoms with Crippen LogP contribution in [0.2, 0.25) is 0 Å². The molecule has 0 aliphatic carbocycles. The van der Waals surface area contributed by atoms with Gasteiger partial charge in [-0.2, -0.15) is 0 Å². The number of hydrogen-bond donors (Lipinski definition) is 0. The third-order valence-corrected chi connectivity index (χ3v) is 10.1. The second-order valence-electron chi connectivity index (χ2n) is 12.5. The van der Waals surface area contributed by atoms with Crippen LogP contribution in [0.5, 0.6) is 0 Å². The Morgan fingerprint density at radius 2 is 1.38 bits per heavy atom. The molecule has 0 bridgehead atoms. The van der Waals surface area contributed by atoms with Crippen molar-refractivity contribution in [3.05, 3.63) is 56.8 Å². The number of carbonyl (C=O) groups is 1. The zero-order valence-electron chi connectivity index (χ0n) is 29.8. The predicted octanol–water partition coefficient (Wildman–Crippen LogP) is 0.248. The Bertz CT molecular complexity index is 1770. The molecule has 24 nitrogen and oxygen atoms in total. The summed E-state index contributed by atoms with van der Waals surface area (Å²) in [5.74, 6) is -4.51. The molecule has 0 spiro atoms. The Morgan fingerprint density at radius 3 is 1.93 bits per heavy atom. The lowest BCUT2D eigenvalue weighted by molar-refractivity contribution is -0.377. The number of benzene rings is 1. The van der Waals surface area contributed by atoms with Gasteiger partial charge < -0.3 is 56.9 Å². The van der Waals surface area contributed by atoms with E-state index in [1.54, 1.807) is 37.3 Å². The number of ether oxygens (including phenoxy) is 8. The average molecular weight is 824 g/mol. The zero-order valence-corrected chi connectivity index (χ0v) is 31.4. The molecular weight excluding hydrogens is 784 g/mol. The van der Waals surface area contributed by atoms with Gasteiger partial charge in [-0.15, -0.1) is 0 Å². The van der Waals surface area contributed by atoms with Crippen LogP contribution in [0.25, 0.3) is 20.9 Å². The summed E-state index contributed by atoms with van der Waals surface area (Å²) in [7, 11) is -8.65. The molecule has 26 heteroatoms. The second kappa shape index (κ2) is 19.3. The Labute approximate surface area is 315 Å². The van der Waals surface area contributed by atoms with Crippen LogP contribution >= 0.6 is 0 Å². The van der Waals surface area contributed by atoms with E-state index >= 15 is 0 Å². The SMILES string of the molecule is CCC1OC(OC)[C@H](N=[N+]=[N-])[C@H](OCc2ccccc2)C1O[C@H]1O[C@@H](C(=O)[O-])[C@@H](OC2OC(OS(=O)(=O)[O-])C(OC)[C@H](C)[C@H]2N=[N+]=[N-])C(C)C1OS(=O)(=O)[O-]. The number of hydrogen-bond acceptors (Lipinski definition) is 20. The molecule has 3 aliphatic heterocycles. The highest BCUT2D eigenvalue weighted by molar-refractivity contribution is 7.81. The van der Waals surface area contributed by atoms with Crippen LogP contribution in [0, 0.1) is 11.8 Å². The van der Waals surface area contributed by atoms with E-state index in [1.165, 1.54) is 21.0 Å². The summed E-state index contributed by atoms with van der Waals surface area (Å²) in [5, 5.41) is 20.0. The van der Waals surface area contributed by atoms with E-state index in [9.17, 15) is 46.9 Å². The lowest BCUT2D eigenvalue weighted by Crippen LogP contribution is -2.66.